The van der Waals surface area contributed by atoms with Crippen molar-refractivity contribution in [3.8, 4) is 0 Å². The lowest BCUT2D eigenvalue weighted by Crippen LogP contribution is -2.39. The quantitative estimate of drug-likeness (QED) is 0.380. The van der Waals surface area contributed by atoms with Gasteiger partial charge in [-0.3, -0.25) is 9.39 Å². The summed E-state index contributed by atoms with van der Waals surface area (Å²) in [5.74, 6) is 1.72. The average Bonchev–Trinajstić information content (AvgIpc) is 2.92. The van der Waals surface area contributed by atoms with Gasteiger partial charge in [-0.05, 0) is 25.0 Å². The summed E-state index contributed by atoms with van der Waals surface area (Å²) in [7, 11) is 3.81. The molecule has 112 valence electrons. The van der Waals surface area contributed by atoms with Gasteiger partial charge in [-0.1, -0.05) is 12.1 Å². The Labute approximate surface area is 125 Å². The fourth-order valence-electron chi connectivity index (χ4n) is 2.13. The molecule has 0 fully saturated rings. The molecule has 0 bridgehead atoms. The van der Waals surface area contributed by atoms with Crippen LogP contribution in [0.5, 0.6) is 0 Å². The van der Waals surface area contributed by atoms with E-state index in [1.807, 2.05) is 41.9 Å². The van der Waals surface area contributed by atoms with E-state index >= 15 is 0 Å². The molecule has 0 saturated heterocycles. The molecular weight excluding hydrogens is 264 g/mol. The number of aromatic nitrogens is 3. The van der Waals surface area contributed by atoms with Crippen LogP contribution >= 0.6 is 0 Å². The molecule has 6 heteroatoms. The van der Waals surface area contributed by atoms with E-state index < -0.39 is 0 Å². The van der Waals surface area contributed by atoms with E-state index in [1.54, 1.807) is 7.05 Å². The van der Waals surface area contributed by atoms with Gasteiger partial charge in [0.05, 0.1) is 6.54 Å². The Morgan fingerprint density at radius 1 is 1.48 bits per heavy atom. The highest BCUT2D eigenvalue weighted by atomic mass is 15.3. The molecule has 0 aromatic carbocycles. The van der Waals surface area contributed by atoms with Crippen LogP contribution in [0.25, 0.3) is 5.65 Å². The standard InChI is InChI=1S/C15H22N6/c1-4-5-7-10-20(3)15(16-2)17-12-14-19-18-13-9-6-8-11-21(13)14/h4,6,8-9,11H,1,5,7,10,12H2,2-3H3,(H,16,17). The van der Waals surface area contributed by atoms with E-state index in [1.165, 1.54) is 0 Å². The van der Waals surface area contributed by atoms with Gasteiger partial charge in [0.2, 0.25) is 0 Å². The van der Waals surface area contributed by atoms with Crippen molar-refractivity contribution in [2.24, 2.45) is 4.99 Å². The maximum Gasteiger partial charge on any atom is 0.193 e. The van der Waals surface area contributed by atoms with Crippen LogP contribution < -0.4 is 5.32 Å². The van der Waals surface area contributed by atoms with Gasteiger partial charge in [0, 0.05) is 26.8 Å². The molecule has 0 spiro atoms. The van der Waals surface area contributed by atoms with Crippen LogP contribution in [0.15, 0.2) is 42.0 Å². The molecule has 0 saturated carbocycles. The van der Waals surface area contributed by atoms with Crippen LogP contribution in [0.4, 0.5) is 0 Å². The fraction of sp³-hybridized carbons (Fsp3) is 0.400. The van der Waals surface area contributed by atoms with Crippen molar-refractivity contribution in [2.45, 2.75) is 19.4 Å². The van der Waals surface area contributed by atoms with Crippen LogP contribution in [0.1, 0.15) is 18.7 Å². The van der Waals surface area contributed by atoms with Gasteiger partial charge in [-0.25, -0.2) is 0 Å². The maximum absolute atomic E-state index is 4.29. The van der Waals surface area contributed by atoms with Gasteiger partial charge in [0.1, 0.15) is 0 Å². The molecule has 2 aromatic rings. The second-order valence-corrected chi connectivity index (χ2v) is 4.80. The summed E-state index contributed by atoms with van der Waals surface area (Å²) in [5.41, 5.74) is 0.851. The maximum atomic E-state index is 4.29. The van der Waals surface area contributed by atoms with Crippen molar-refractivity contribution in [3.63, 3.8) is 0 Å². The SMILES string of the molecule is C=CCCCN(C)C(=NC)NCc1nnc2ccccn12. The number of guanidine groups is 1. The Hall–Kier alpha value is -2.37. The lowest BCUT2D eigenvalue weighted by molar-refractivity contribution is 0.468. The number of nitrogens with zero attached hydrogens (tertiary/aromatic N) is 5. The van der Waals surface area contributed by atoms with E-state index in [0.717, 1.165) is 36.8 Å². The first-order valence-corrected chi connectivity index (χ1v) is 7.07. The van der Waals surface area contributed by atoms with E-state index in [9.17, 15) is 0 Å². The number of pyridine rings is 1. The number of rotatable bonds is 6. The molecule has 0 amide bonds. The van der Waals surface area contributed by atoms with Crippen LogP contribution in [0, 0.1) is 0 Å². The molecular formula is C15H22N6. The van der Waals surface area contributed by atoms with E-state index in [4.69, 9.17) is 0 Å². The molecule has 0 aliphatic carbocycles. The van der Waals surface area contributed by atoms with Crippen molar-refractivity contribution in [1.29, 1.82) is 0 Å². The molecule has 21 heavy (non-hydrogen) atoms. The van der Waals surface area contributed by atoms with Crippen molar-refractivity contribution in [2.75, 3.05) is 20.6 Å². The Morgan fingerprint density at radius 2 is 2.33 bits per heavy atom. The minimum absolute atomic E-state index is 0.587. The summed E-state index contributed by atoms with van der Waals surface area (Å²) < 4.78 is 1.97. The van der Waals surface area contributed by atoms with Gasteiger partial charge in [-0.15, -0.1) is 16.8 Å². The van der Waals surface area contributed by atoms with Gasteiger partial charge in [0.25, 0.3) is 0 Å². The van der Waals surface area contributed by atoms with Crippen molar-refractivity contribution in [1.82, 2.24) is 24.8 Å². The highest BCUT2D eigenvalue weighted by molar-refractivity contribution is 5.79. The average molecular weight is 286 g/mol. The number of nitrogens with one attached hydrogen (secondary N) is 1. The molecule has 2 rings (SSSR count). The molecule has 0 atom stereocenters. The Bertz CT molecular complexity index is 615. The second kappa shape index (κ2) is 7.42. The molecule has 0 aliphatic heterocycles. The molecule has 0 aliphatic rings. The van der Waals surface area contributed by atoms with Gasteiger partial charge < -0.3 is 10.2 Å². The van der Waals surface area contributed by atoms with Crippen LogP contribution in [-0.2, 0) is 6.54 Å². The van der Waals surface area contributed by atoms with Gasteiger partial charge in [0.15, 0.2) is 17.4 Å². The number of unbranched alkanes of at least 4 members (excludes halogenated alkanes) is 1. The summed E-state index contributed by atoms with van der Waals surface area (Å²) in [6.45, 7) is 5.26. The van der Waals surface area contributed by atoms with Crippen LogP contribution in [0.3, 0.4) is 0 Å². The first-order valence-electron chi connectivity index (χ1n) is 7.07. The minimum Gasteiger partial charge on any atom is -0.349 e. The Morgan fingerprint density at radius 3 is 3.10 bits per heavy atom. The number of fused-ring (bicyclic) bond motifs is 1. The summed E-state index contributed by atoms with van der Waals surface area (Å²) in [6.07, 6.45) is 5.97. The molecule has 1 N–H and O–H groups in total. The lowest BCUT2D eigenvalue weighted by atomic mass is 10.3. The van der Waals surface area contributed by atoms with Gasteiger partial charge in [-0.2, -0.15) is 0 Å². The summed E-state index contributed by atoms with van der Waals surface area (Å²) >= 11 is 0. The molecule has 6 nitrogen and oxygen atoms in total. The molecule has 2 heterocycles. The van der Waals surface area contributed by atoms with Crippen LogP contribution in [0.2, 0.25) is 0 Å². The van der Waals surface area contributed by atoms with E-state index in [2.05, 4.69) is 32.0 Å². The van der Waals surface area contributed by atoms with E-state index in [0.29, 0.717) is 6.54 Å². The van der Waals surface area contributed by atoms with Crippen molar-refractivity contribution >= 4 is 11.6 Å². The third-order valence-corrected chi connectivity index (χ3v) is 3.26. The smallest absolute Gasteiger partial charge is 0.193 e. The highest BCUT2D eigenvalue weighted by Crippen LogP contribution is 2.02. The molecule has 0 radical (unpaired) electrons. The van der Waals surface area contributed by atoms with Crippen LogP contribution in [-0.4, -0.2) is 46.1 Å². The predicted molar refractivity (Wildman–Crippen MR) is 85.2 cm³/mol. The normalized spacial score (nSPS) is 11.6. The third-order valence-electron chi connectivity index (χ3n) is 3.26. The predicted octanol–water partition coefficient (Wildman–Crippen LogP) is 1.70. The number of aliphatic imine (C=N–C) groups is 1. The second-order valence-electron chi connectivity index (χ2n) is 4.80. The topological polar surface area (TPSA) is 57.8 Å². The van der Waals surface area contributed by atoms with E-state index in [-0.39, 0.29) is 0 Å². The number of hydrogen-bond acceptors (Lipinski definition) is 3. The third kappa shape index (κ3) is 3.81. The number of allylic oxidation sites excluding steroid dienone is 1. The minimum atomic E-state index is 0.587. The Balaban J connectivity index is 1.95. The number of hydrogen-bond donors (Lipinski definition) is 1. The monoisotopic (exact) mass is 286 g/mol. The molecule has 2 aromatic heterocycles. The zero-order chi connectivity index (χ0) is 15.1. The van der Waals surface area contributed by atoms with Gasteiger partial charge >= 0.3 is 0 Å². The summed E-state index contributed by atoms with van der Waals surface area (Å²) in [5, 5.41) is 11.7. The lowest BCUT2D eigenvalue weighted by Gasteiger charge is -2.21. The van der Waals surface area contributed by atoms with Crippen molar-refractivity contribution < 1.29 is 0 Å². The first kappa shape index (κ1) is 15.0. The largest absolute Gasteiger partial charge is 0.349 e. The first-order chi connectivity index (χ1) is 10.3. The fourth-order valence-corrected chi connectivity index (χ4v) is 2.13. The molecule has 0 unspecified atom stereocenters. The van der Waals surface area contributed by atoms with Crippen molar-refractivity contribution in [3.05, 3.63) is 42.9 Å². The zero-order valence-corrected chi connectivity index (χ0v) is 12.7. The highest BCUT2D eigenvalue weighted by Gasteiger charge is 2.08. The summed E-state index contributed by atoms with van der Waals surface area (Å²) in [6, 6.07) is 5.86. The summed E-state index contributed by atoms with van der Waals surface area (Å²) in [4.78, 5) is 6.40. The zero-order valence-electron chi connectivity index (χ0n) is 12.7. The Kier molecular flexibility index (Phi) is 5.31.